The number of urea groups is 1. The van der Waals surface area contributed by atoms with Gasteiger partial charge in [-0.15, -0.1) is 0 Å². The van der Waals surface area contributed by atoms with Gasteiger partial charge in [0.05, 0.1) is 5.56 Å². The summed E-state index contributed by atoms with van der Waals surface area (Å²) in [6.45, 7) is 1.86. The normalized spacial score (nSPS) is 16.2. The first kappa shape index (κ1) is 23.8. The molecule has 1 aromatic carbocycles. The molecule has 0 bridgehead atoms. The van der Waals surface area contributed by atoms with Crippen molar-refractivity contribution in [1.29, 1.82) is 0 Å². The lowest BCUT2D eigenvalue weighted by molar-refractivity contribution is 0.0693. The standard InChI is InChI=1S/C20H23F3N4O4S/c1-10-8-13(21)12(16(23)15(10)22)9-31-17-14(19(28)29)18(32-26-17)25-20(30)24-6-5-11-4-3-7-27(11)2/h8,11H,3-7,9H2,1-2H3,(H,28,29)(H2,24,25,30). The maximum atomic E-state index is 14.0. The Labute approximate surface area is 186 Å². The van der Waals surface area contributed by atoms with Gasteiger partial charge in [-0.2, -0.15) is 4.37 Å². The van der Waals surface area contributed by atoms with Gasteiger partial charge >= 0.3 is 12.0 Å². The molecule has 2 aromatic rings. The zero-order valence-electron chi connectivity index (χ0n) is 17.5. The van der Waals surface area contributed by atoms with E-state index in [-0.39, 0.29) is 10.6 Å². The fourth-order valence-electron chi connectivity index (χ4n) is 3.52. The lowest BCUT2D eigenvalue weighted by atomic mass is 10.1. The third kappa shape index (κ3) is 5.30. The number of rotatable bonds is 8. The second-order valence-corrected chi connectivity index (χ2v) is 8.29. The molecule has 0 radical (unpaired) electrons. The number of aromatic carboxylic acids is 1. The summed E-state index contributed by atoms with van der Waals surface area (Å²) in [7, 11) is 2.03. The van der Waals surface area contributed by atoms with Gasteiger partial charge in [-0.05, 0) is 62.9 Å². The average molecular weight is 472 g/mol. The highest BCUT2D eigenvalue weighted by Crippen LogP contribution is 2.32. The molecule has 1 aliphatic heterocycles. The lowest BCUT2D eigenvalue weighted by Crippen LogP contribution is -2.34. The first-order valence-electron chi connectivity index (χ1n) is 9.92. The van der Waals surface area contributed by atoms with Crippen LogP contribution in [0.4, 0.5) is 23.0 Å². The maximum Gasteiger partial charge on any atom is 0.344 e. The minimum atomic E-state index is -1.45. The molecule has 3 N–H and O–H groups in total. The fourth-order valence-corrected chi connectivity index (χ4v) is 4.24. The molecule has 32 heavy (non-hydrogen) atoms. The number of hydrogen-bond donors (Lipinski definition) is 3. The highest BCUT2D eigenvalue weighted by molar-refractivity contribution is 7.11. The topological polar surface area (TPSA) is 104 Å². The van der Waals surface area contributed by atoms with E-state index in [9.17, 15) is 27.9 Å². The molecule has 12 heteroatoms. The Kier molecular flexibility index (Phi) is 7.56. The van der Waals surface area contributed by atoms with Crippen molar-refractivity contribution < 1.29 is 32.6 Å². The molecule has 1 aliphatic rings. The van der Waals surface area contributed by atoms with Gasteiger partial charge < -0.3 is 20.1 Å². The number of carbonyl (C=O) groups is 2. The number of carbonyl (C=O) groups excluding carboxylic acids is 1. The molecule has 1 fully saturated rings. The van der Waals surface area contributed by atoms with E-state index in [1.54, 1.807) is 0 Å². The van der Waals surface area contributed by atoms with Crippen molar-refractivity contribution in [2.45, 2.75) is 38.8 Å². The molecular formula is C20H23F3N4O4S. The van der Waals surface area contributed by atoms with Crippen LogP contribution in [0.25, 0.3) is 0 Å². The van der Waals surface area contributed by atoms with Crippen LogP contribution in [0, 0.1) is 24.4 Å². The molecule has 0 saturated carbocycles. The van der Waals surface area contributed by atoms with Gasteiger partial charge in [-0.25, -0.2) is 22.8 Å². The van der Waals surface area contributed by atoms with Crippen LogP contribution in [0.1, 0.15) is 40.7 Å². The van der Waals surface area contributed by atoms with Crippen molar-refractivity contribution in [3.8, 4) is 5.88 Å². The average Bonchev–Trinajstić information content (AvgIpc) is 3.32. The van der Waals surface area contributed by atoms with Gasteiger partial charge in [-0.3, -0.25) is 5.32 Å². The van der Waals surface area contributed by atoms with E-state index >= 15 is 0 Å². The van der Waals surface area contributed by atoms with Gasteiger partial charge in [0.1, 0.15) is 17.4 Å². The Morgan fingerprint density at radius 2 is 2.09 bits per heavy atom. The molecule has 3 rings (SSSR count). The van der Waals surface area contributed by atoms with E-state index in [0.29, 0.717) is 24.1 Å². The number of halogens is 3. The Hall–Kier alpha value is -2.86. The van der Waals surface area contributed by atoms with E-state index in [1.807, 2.05) is 7.05 Å². The molecule has 2 amide bonds. The first-order valence-corrected chi connectivity index (χ1v) is 10.7. The van der Waals surface area contributed by atoms with Crippen LogP contribution in [-0.2, 0) is 6.61 Å². The summed E-state index contributed by atoms with van der Waals surface area (Å²) >= 11 is 0.644. The van der Waals surface area contributed by atoms with E-state index in [2.05, 4.69) is 19.9 Å². The number of anilines is 1. The lowest BCUT2D eigenvalue weighted by Gasteiger charge is -2.19. The highest BCUT2D eigenvalue weighted by Gasteiger charge is 2.25. The van der Waals surface area contributed by atoms with Crippen LogP contribution in [0.2, 0.25) is 0 Å². The second-order valence-electron chi connectivity index (χ2n) is 7.51. The van der Waals surface area contributed by atoms with Gasteiger partial charge in [0.2, 0.25) is 5.88 Å². The number of benzene rings is 1. The van der Waals surface area contributed by atoms with Crippen molar-refractivity contribution in [1.82, 2.24) is 14.6 Å². The van der Waals surface area contributed by atoms with Gasteiger partial charge in [0.25, 0.3) is 0 Å². The minimum absolute atomic E-state index is 0.0981. The van der Waals surface area contributed by atoms with Crippen LogP contribution >= 0.6 is 11.5 Å². The number of carboxylic acid groups (broad SMARTS) is 1. The van der Waals surface area contributed by atoms with Gasteiger partial charge in [0, 0.05) is 12.6 Å². The third-order valence-corrected chi connectivity index (χ3v) is 6.07. The monoisotopic (exact) mass is 472 g/mol. The summed E-state index contributed by atoms with van der Waals surface area (Å²) in [5, 5.41) is 14.5. The van der Waals surface area contributed by atoms with E-state index in [4.69, 9.17) is 4.74 Å². The Balaban J connectivity index is 1.63. The van der Waals surface area contributed by atoms with Crippen molar-refractivity contribution in [2.24, 2.45) is 0 Å². The predicted octanol–water partition coefficient (Wildman–Crippen LogP) is 3.75. The smallest absolute Gasteiger partial charge is 0.344 e. The van der Waals surface area contributed by atoms with Crippen LogP contribution in [0.15, 0.2) is 6.07 Å². The van der Waals surface area contributed by atoms with E-state index in [1.165, 1.54) is 6.92 Å². The van der Waals surface area contributed by atoms with Gasteiger partial charge in [0.15, 0.2) is 17.2 Å². The van der Waals surface area contributed by atoms with E-state index < -0.39 is 53.1 Å². The zero-order valence-corrected chi connectivity index (χ0v) is 18.3. The number of aryl methyl sites for hydroxylation is 1. The molecule has 0 aliphatic carbocycles. The van der Waals surface area contributed by atoms with Crippen LogP contribution in [-0.4, -0.2) is 52.6 Å². The number of aromatic nitrogens is 1. The minimum Gasteiger partial charge on any atom is -0.477 e. The number of hydrogen-bond acceptors (Lipinski definition) is 6. The second kappa shape index (κ2) is 10.2. The van der Waals surface area contributed by atoms with Crippen LogP contribution in [0.5, 0.6) is 5.88 Å². The molecule has 1 saturated heterocycles. The predicted molar refractivity (Wildman–Crippen MR) is 112 cm³/mol. The summed E-state index contributed by atoms with van der Waals surface area (Å²) in [6.07, 6.45) is 2.93. The number of amides is 2. The molecule has 8 nitrogen and oxygen atoms in total. The van der Waals surface area contributed by atoms with Gasteiger partial charge in [-0.1, -0.05) is 0 Å². The summed E-state index contributed by atoms with van der Waals surface area (Å²) in [5.74, 6) is -5.55. The number of likely N-dealkylation sites (tertiary alicyclic amines) is 1. The molecule has 2 heterocycles. The van der Waals surface area contributed by atoms with Crippen LogP contribution in [0.3, 0.4) is 0 Å². The Bertz CT molecular complexity index is 1020. The number of ether oxygens (including phenoxy) is 1. The first-order chi connectivity index (χ1) is 15.2. The number of nitrogens with one attached hydrogen (secondary N) is 2. The fraction of sp³-hybridized carbons (Fsp3) is 0.450. The van der Waals surface area contributed by atoms with Crippen LogP contribution < -0.4 is 15.4 Å². The number of carboxylic acids is 1. The molecule has 0 spiro atoms. The largest absolute Gasteiger partial charge is 0.477 e. The summed E-state index contributed by atoms with van der Waals surface area (Å²) in [6, 6.07) is 0.596. The summed E-state index contributed by atoms with van der Waals surface area (Å²) in [5.41, 5.74) is -1.36. The van der Waals surface area contributed by atoms with Crippen molar-refractivity contribution in [3.05, 3.63) is 40.2 Å². The SMILES string of the molecule is Cc1cc(F)c(COc2nsc(NC(=O)NCCC3CCCN3C)c2C(=O)O)c(F)c1F. The molecule has 1 atom stereocenters. The third-order valence-electron chi connectivity index (χ3n) is 5.32. The molecule has 1 unspecified atom stereocenters. The zero-order chi connectivity index (χ0) is 23.4. The molecule has 1 aromatic heterocycles. The summed E-state index contributed by atoms with van der Waals surface area (Å²) < 4.78 is 50.7. The molecular weight excluding hydrogens is 449 g/mol. The summed E-state index contributed by atoms with van der Waals surface area (Å²) in [4.78, 5) is 26.0. The van der Waals surface area contributed by atoms with Crippen molar-refractivity contribution >= 4 is 28.5 Å². The van der Waals surface area contributed by atoms with E-state index in [0.717, 1.165) is 31.9 Å². The molecule has 174 valence electrons. The Morgan fingerprint density at radius 3 is 2.75 bits per heavy atom. The Morgan fingerprint density at radius 1 is 1.34 bits per heavy atom. The highest BCUT2D eigenvalue weighted by atomic mass is 32.1. The number of nitrogens with zero attached hydrogens (tertiary/aromatic N) is 2. The quantitative estimate of drug-likeness (QED) is 0.506. The van der Waals surface area contributed by atoms with Crippen molar-refractivity contribution in [2.75, 3.05) is 25.5 Å². The maximum absolute atomic E-state index is 14.0. The van der Waals surface area contributed by atoms with Crippen molar-refractivity contribution in [3.63, 3.8) is 0 Å².